The fourth-order valence-electron chi connectivity index (χ4n) is 10.3. The summed E-state index contributed by atoms with van der Waals surface area (Å²) in [6, 6.07) is 28.9. The first-order chi connectivity index (χ1) is 32.7. The van der Waals surface area contributed by atoms with Gasteiger partial charge in [0.15, 0.2) is 5.69 Å². The van der Waals surface area contributed by atoms with E-state index in [1.54, 1.807) is 48.3 Å². The predicted octanol–water partition coefficient (Wildman–Crippen LogP) is 8.21. The van der Waals surface area contributed by atoms with E-state index in [1.165, 1.54) is 22.2 Å². The minimum Gasteiger partial charge on any atom is -0.340 e. The highest BCUT2D eigenvalue weighted by Gasteiger charge is 2.50. The van der Waals surface area contributed by atoms with Gasteiger partial charge in [-0.15, -0.1) is 0 Å². The van der Waals surface area contributed by atoms with Crippen LogP contribution in [0.15, 0.2) is 97.1 Å². The van der Waals surface area contributed by atoms with Gasteiger partial charge in [-0.25, -0.2) is 9.18 Å². The molecule has 6 aromatic rings. The summed E-state index contributed by atoms with van der Waals surface area (Å²) >= 11 is 0. The van der Waals surface area contributed by atoms with Crippen LogP contribution in [0, 0.1) is 18.2 Å². The van der Waals surface area contributed by atoms with Gasteiger partial charge in [0.25, 0.3) is 5.91 Å². The first kappa shape index (κ1) is 45.6. The van der Waals surface area contributed by atoms with Crippen molar-refractivity contribution < 1.29 is 28.4 Å². The molecule has 0 bridgehead atoms. The number of benzene rings is 5. The number of hydrogen-bond donors (Lipinski definition) is 4. The molecule has 0 radical (unpaired) electrons. The van der Waals surface area contributed by atoms with Crippen molar-refractivity contribution in [2.24, 2.45) is 7.05 Å². The normalized spacial score (nSPS) is 17.2. The van der Waals surface area contributed by atoms with Crippen LogP contribution in [0.4, 0.5) is 26.2 Å². The number of fused-ring (bicyclic) bond motifs is 2. The summed E-state index contributed by atoms with van der Waals surface area (Å²) in [6.07, 6.45) is 4.05. The fourth-order valence-corrected chi connectivity index (χ4v) is 10.3. The third kappa shape index (κ3) is 8.31. The summed E-state index contributed by atoms with van der Waals surface area (Å²) in [6.45, 7) is 8.34. The van der Waals surface area contributed by atoms with Gasteiger partial charge in [0.1, 0.15) is 11.9 Å². The van der Waals surface area contributed by atoms with Gasteiger partial charge in [-0.3, -0.25) is 44.4 Å². The van der Waals surface area contributed by atoms with Crippen molar-refractivity contribution in [3.8, 4) is 22.3 Å². The van der Waals surface area contributed by atoms with Gasteiger partial charge in [-0.2, -0.15) is 5.10 Å². The standard InChI is InChI=1S/C53H54FN9O5/c1-31-8-6-10-36(28-31)57-50(66)48-45-41(60(5)59-48)19-18-39(47(45)54)38-17-16-37(62(30-55)52(68)56-4)29-40(38)34-14-12-32(13-15-34)33-22-25-61(26-23-33)27-24-35-9-7-11-42-46(35)53(2,3)51(67)63(42)43-20-21-44(64)58-49(43)65/h6-19,28-30,33,43,55H,20-27H2,1-5H3,(H,56,68)(H,57,66)(H,58,64,65). The number of aromatic nitrogens is 2. The number of carbonyl (C=O) groups excluding carboxylic acids is 5. The molecule has 4 N–H and O–H groups in total. The van der Waals surface area contributed by atoms with E-state index in [0.29, 0.717) is 40.4 Å². The number of hydrogen-bond acceptors (Lipinski definition) is 8. The Balaban J connectivity index is 0.946. The second-order valence-electron chi connectivity index (χ2n) is 18.5. The quantitative estimate of drug-likeness (QED) is 0.0576. The van der Waals surface area contributed by atoms with Crippen LogP contribution in [0.1, 0.15) is 78.2 Å². The van der Waals surface area contributed by atoms with Crippen LogP contribution < -0.4 is 25.8 Å². The lowest BCUT2D eigenvalue weighted by atomic mass is 9.82. The lowest BCUT2D eigenvalue weighted by Gasteiger charge is -2.32. The van der Waals surface area contributed by atoms with Crippen molar-refractivity contribution in [3.63, 3.8) is 0 Å². The minimum absolute atomic E-state index is 0.0473. The predicted molar refractivity (Wildman–Crippen MR) is 262 cm³/mol. The Kier molecular flexibility index (Phi) is 12.3. The minimum atomic E-state index is -0.816. The Morgan fingerprint density at radius 2 is 1.66 bits per heavy atom. The molecule has 1 aromatic heterocycles. The van der Waals surface area contributed by atoms with E-state index in [0.717, 1.165) is 73.2 Å². The highest BCUT2D eigenvalue weighted by Crippen LogP contribution is 2.46. The van der Waals surface area contributed by atoms with Gasteiger partial charge in [-0.1, -0.05) is 54.6 Å². The molecular weight excluding hydrogens is 862 g/mol. The molecular formula is C53H54FN9O5. The van der Waals surface area contributed by atoms with Crippen LogP contribution in [0.25, 0.3) is 33.2 Å². The van der Waals surface area contributed by atoms with Crippen LogP contribution in [0.5, 0.6) is 0 Å². The molecule has 0 aliphatic carbocycles. The molecule has 6 amide bonds. The van der Waals surface area contributed by atoms with E-state index < -0.39 is 35.1 Å². The molecule has 348 valence electrons. The molecule has 15 heteroatoms. The molecule has 4 heterocycles. The molecule has 1 unspecified atom stereocenters. The lowest BCUT2D eigenvalue weighted by molar-refractivity contribution is -0.136. The average Bonchev–Trinajstić information content (AvgIpc) is 3.78. The maximum absolute atomic E-state index is 17.1. The zero-order valence-electron chi connectivity index (χ0n) is 38.8. The maximum Gasteiger partial charge on any atom is 0.326 e. The Bertz CT molecular complexity index is 3030. The molecule has 0 spiro atoms. The van der Waals surface area contributed by atoms with Crippen LogP contribution in [0.3, 0.4) is 0 Å². The van der Waals surface area contributed by atoms with Gasteiger partial charge in [0.05, 0.1) is 28.3 Å². The van der Waals surface area contributed by atoms with Gasteiger partial charge in [-0.05, 0) is 147 Å². The monoisotopic (exact) mass is 915 g/mol. The highest BCUT2D eigenvalue weighted by molar-refractivity contribution is 6.14. The summed E-state index contributed by atoms with van der Waals surface area (Å²) in [5, 5.41) is 20.4. The van der Waals surface area contributed by atoms with Crippen LogP contribution >= 0.6 is 0 Å². The van der Waals surface area contributed by atoms with Crippen LogP contribution in [-0.2, 0) is 33.3 Å². The van der Waals surface area contributed by atoms with E-state index >= 15 is 4.39 Å². The third-order valence-electron chi connectivity index (χ3n) is 13.8. The number of amides is 6. The number of aryl methyl sites for hydroxylation is 2. The number of imide groups is 1. The summed E-state index contributed by atoms with van der Waals surface area (Å²) in [5.74, 6) is -1.72. The largest absolute Gasteiger partial charge is 0.340 e. The van der Waals surface area contributed by atoms with E-state index in [2.05, 4.69) is 44.1 Å². The van der Waals surface area contributed by atoms with Crippen molar-refractivity contribution in [2.45, 2.75) is 70.3 Å². The fraction of sp³-hybridized carbons (Fsp3) is 0.302. The Hall–Kier alpha value is -7.52. The summed E-state index contributed by atoms with van der Waals surface area (Å²) < 4.78 is 18.6. The number of piperidine rings is 2. The highest BCUT2D eigenvalue weighted by atomic mass is 19.1. The molecule has 68 heavy (non-hydrogen) atoms. The Morgan fingerprint density at radius 1 is 0.926 bits per heavy atom. The maximum atomic E-state index is 17.1. The van der Waals surface area contributed by atoms with Gasteiger partial charge in [0, 0.05) is 44.0 Å². The first-order valence-electron chi connectivity index (χ1n) is 23.0. The van der Waals surface area contributed by atoms with E-state index in [9.17, 15) is 24.0 Å². The van der Waals surface area contributed by atoms with Crippen LogP contribution in [0.2, 0.25) is 0 Å². The zero-order chi connectivity index (χ0) is 48.0. The smallest absolute Gasteiger partial charge is 0.326 e. The number of anilines is 3. The number of rotatable bonds is 11. The average molecular weight is 916 g/mol. The molecule has 0 saturated carbocycles. The van der Waals surface area contributed by atoms with Crippen LogP contribution in [-0.4, -0.2) is 83.4 Å². The SMILES string of the molecule is CNC(=O)N(C=N)c1ccc(-c2ccc3c(c(C(=O)Nc4cccc(C)c4)nn3C)c2F)c(-c2ccc(C3CCN(CCc4cccc5c4C(C)(C)C(=O)N5C4CCC(=O)NC4=O)CC3)cc2)c1. The number of halogens is 1. The summed E-state index contributed by atoms with van der Waals surface area (Å²) in [4.78, 5) is 70.3. The summed E-state index contributed by atoms with van der Waals surface area (Å²) in [7, 11) is 3.16. The topological polar surface area (TPSA) is 173 Å². The molecule has 5 aromatic carbocycles. The van der Waals surface area contributed by atoms with Gasteiger partial charge in [0.2, 0.25) is 17.7 Å². The molecule has 1 atom stereocenters. The van der Waals surface area contributed by atoms with Crippen molar-refractivity contribution in [3.05, 3.63) is 131 Å². The van der Waals surface area contributed by atoms with Gasteiger partial charge < -0.3 is 15.5 Å². The van der Waals surface area contributed by atoms with Crippen molar-refractivity contribution in [2.75, 3.05) is 41.8 Å². The van der Waals surface area contributed by atoms with Crippen molar-refractivity contribution in [1.29, 1.82) is 5.41 Å². The molecule has 14 nitrogen and oxygen atoms in total. The second-order valence-corrected chi connectivity index (χ2v) is 18.5. The Morgan fingerprint density at radius 3 is 2.37 bits per heavy atom. The molecule has 3 aliphatic heterocycles. The molecule has 3 aliphatic rings. The zero-order valence-corrected chi connectivity index (χ0v) is 38.8. The Labute approximate surface area is 394 Å². The van der Waals surface area contributed by atoms with Crippen molar-refractivity contribution in [1.82, 2.24) is 25.3 Å². The summed E-state index contributed by atoms with van der Waals surface area (Å²) in [5.41, 5.74) is 7.68. The third-order valence-corrected chi connectivity index (χ3v) is 13.8. The number of likely N-dealkylation sites (tertiary alicyclic amines) is 1. The molecule has 9 rings (SSSR count). The van der Waals surface area contributed by atoms with E-state index in [-0.39, 0.29) is 34.9 Å². The van der Waals surface area contributed by atoms with Crippen molar-refractivity contribution >= 4 is 64.0 Å². The van der Waals surface area contributed by atoms with E-state index in [1.807, 2.05) is 63.2 Å². The van der Waals surface area contributed by atoms with Gasteiger partial charge >= 0.3 is 6.03 Å². The van der Waals surface area contributed by atoms with E-state index in [4.69, 9.17) is 5.41 Å². The number of carbonyl (C=O) groups is 5. The molecule has 2 saturated heterocycles. The number of nitrogens with one attached hydrogen (secondary N) is 4. The lowest BCUT2D eigenvalue weighted by Crippen LogP contribution is -2.55. The number of nitrogens with zero attached hydrogens (tertiary/aromatic N) is 5. The molecule has 2 fully saturated rings. The first-order valence-corrected chi connectivity index (χ1v) is 23.0. The number of urea groups is 1. The second kappa shape index (κ2) is 18.3.